The fourth-order valence-electron chi connectivity index (χ4n) is 2.51. The molecule has 6 nitrogen and oxygen atoms in total. The maximum Gasteiger partial charge on any atom is 0.314 e. The lowest BCUT2D eigenvalue weighted by Crippen LogP contribution is -2.29. The Balaban J connectivity index is 1.77. The number of amides is 2. The van der Waals surface area contributed by atoms with E-state index in [-0.39, 0.29) is 5.75 Å². The molecule has 0 fully saturated rings. The molecule has 3 rings (SSSR count). The summed E-state index contributed by atoms with van der Waals surface area (Å²) in [5.74, 6) is -1.13. The zero-order valence-electron chi connectivity index (χ0n) is 13.7. The average molecular weight is 371 g/mol. The topological polar surface area (TPSA) is 87.7 Å². The fraction of sp³-hybridized carbons (Fsp3) is 0.0526. The van der Waals surface area contributed by atoms with Crippen molar-refractivity contribution in [1.29, 1.82) is 0 Å². The molecule has 2 amide bonds. The second kappa shape index (κ2) is 7.33. The van der Waals surface area contributed by atoms with Crippen LogP contribution in [0.15, 0.2) is 54.6 Å². The quantitative estimate of drug-likeness (QED) is 0.612. The third-order valence-corrected chi connectivity index (χ3v) is 4.06. The Morgan fingerprint density at radius 3 is 2.38 bits per heavy atom. The molecule has 0 aromatic heterocycles. The van der Waals surface area contributed by atoms with Gasteiger partial charge in [0, 0.05) is 22.1 Å². The molecule has 0 spiro atoms. The van der Waals surface area contributed by atoms with Gasteiger partial charge < -0.3 is 20.5 Å². The van der Waals surface area contributed by atoms with E-state index >= 15 is 0 Å². The van der Waals surface area contributed by atoms with E-state index in [4.69, 9.17) is 16.3 Å². The fourth-order valence-corrected chi connectivity index (χ4v) is 2.77. The minimum absolute atomic E-state index is 0.0934. The van der Waals surface area contributed by atoms with E-state index in [0.717, 1.165) is 0 Å². The van der Waals surface area contributed by atoms with Gasteiger partial charge in [-0.05, 0) is 30.3 Å². The average Bonchev–Trinajstić information content (AvgIpc) is 2.62. The van der Waals surface area contributed by atoms with Crippen LogP contribution in [-0.4, -0.2) is 24.0 Å². The van der Waals surface area contributed by atoms with E-state index < -0.39 is 11.8 Å². The number of nitrogens with one attached hydrogen (secondary N) is 2. The second-order valence-corrected chi connectivity index (χ2v) is 5.84. The Hall–Kier alpha value is -3.25. The predicted octanol–water partition coefficient (Wildman–Crippen LogP) is 3.78. The van der Waals surface area contributed by atoms with Crippen molar-refractivity contribution < 1.29 is 19.4 Å². The molecule has 0 aliphatic heterocycles. The van der Waals surface area contributed by atoms with Crippen molar-refractivity contribution in [2.75, 3.05) is 17.7 Å². The van der Waals surface area contributed by atoms with Gasteiger partial charge in [0.2, 0.25) is 0 Å². The summed E-state index contributed by atoms with van der Waals surface area (Å²) in [6.45, 7) is 0. The van der Waals surface area contributed by atoms with Crippen molar-refractivity contribution in [2.24, 2.45) is 0 Å². The Kier molecular flexibility index (Phi) is 4.95. The summed E-state index contributed by atoms with van der Waals surface area (Å²) in [6, 6.07) is 14.7. The number of methoxy groups -OCH3 is 1. The Bertz CT molecular complexity index is 1000. The zero-order valence-corrected chi connectivity index (χ0v) is 14.5. The summed E-state index contributed by atoms with van der Waals surface area (Å²) in [5, 5.41) is 16.4. The van der Waals surface area contributed by atoms with Crippen LogP contribution in [0.25, 0.3) is 10.8 Å². The predicted molar refractivity (Wildman–Crippen MR) is 101 cm³/mol. The SMILES string of the molecule is COc1ccc(NC(=O)C(=O)Nc2cccc3c(O)cccc23)cc1Cl. The summed E-state index contributed by atoms with van der Waals surface area (Å²) in [6.07, 6.45) is 0. The molecule has 0 bridgehead atoms. The van der Waals surface area contributed by atoms with Gasteiger partial charge in [0.1, 0.15) is 11.5 Å². The number of aromatic hydroxyl groups is 1. The lowest BCUT2D eigenvalue weighted by molar-refractivity contribution is -0.132. The van der Waals surface area contributed by atoms with Crippen LogP contribution in [0.4, 0.5) is 11.4 Å². The molecule has 0 unspecified atom stereocenters. The molecule has 132 valence electrons. The van der Waals surface area contributed by atoms with Crippen molar-refractivity contribution in [3.05, 3.63) is 59.6 Å². The molecule has 0 saturated carbocycles. The first kappa shape index (κ1) is 17.6. The number of carbonyl (C=O) groups excluding carboxylic acids is 2. The normalized spacial score (nSPS) is 10.4. The number of phenolic OH excluding ortho intramolecular Hbond substituents is 1. The highest BCUT2D eigenvalue weighted by Gasteiger charge is 2.16. The highest BCUT2D eigenvalue weighted by atomic mass is 35.5. The maximum atomic E-state index is 12.2. The van der Waals surface area contributed by atoms with Gasteiger partial charge in [-0.25, -0.2) is 0 Å². The van der Waals surface area contributed by atoms with Crippen LogP contribution in [0.5, 0.6) is 11.5 Å². The number of benzene rings is 3. The van der Waals surface area contributed by atoms with Gasteiger partial charge in [-0.15, -0.1) is 0 Å². The van der Waals surface area contributed by atoms with Gasteiger partial charge >= 0.3 is 11.8 Å². The van der Waals surface area contributed by atoms with E-state index in [1.165, 1.54) is 13.2 Å². The van der Waals surface area contributed by atoms with Gasteiger partial charge in [0.15, 0.2) is 0 Å². The van der Waals surface area contributed by atoms with Crippen molar-refractivity contribution in [1.82, 2.24) is 0 Å². The molecular formula is C19H15ClN2O4. The minimum atomic E-state index is -0.844. The summed E-state index contributed by atoms with van der Waals surface area (Å²) in [4.78, 5) is 24.3. The summed E-state index contributed by atoms with van der Waals surface area (Å²) < 4.78 is 5.04. The van der Waals surface area contributed by atoms with E-state index in [0.29, 0.717) is 32.9 Å². The Morgan fingerprint density at radius 2 is 1.65 bits per heavy atom. The molecule has 0 saturated heterocycles. The van der Waals surface area contributed by atoms with E-state index in [2.05, 4.69) is 10.6 Å². The number of halogens is 1. The van der Waals surface area contributed by atoms with Gasteiger partial charge in [0.25, 0.3) is 0 Å². The van der Waals surface area contributed by atoms with Gasteiger partial charge in [0.05, 0.1) is 12.1 Å². The van der Waals surface area contributed by atoms with E-state index in [9.17, 15) is 14.7 Å². The number of rotatable bonds is 3. The number of fused-ring (bicyclic) bond motifs is 1. The molecule has 0 aliphatic carbocycles. The second-order valence-electron chi connectivity index (χ2n) is 5.44. The molecule has 0 aliphatic rings. The standard InChI is InChI=1S/C19H15ClN2O4/c1-26-17-9-8-11(10-14(17)20)21-18(24)19(25)22-15-6-2-5-13-12(15)4-3-7-16(13)23/h2-10,23H,1H3,(H,21,24)(H,22,25). The van der Waals surface area contributed by atoms with Crippen LogP contribution < -0.4 is 15.4 Å². The summed E-state index contributed by atoms with van der Waals surface area (Å²) in [5.41, 5.74) is 0.790. The van der Waals surface area contributed by atoms with Crippen molar-refractivity contribution >= 4 is 45.6 Å². The van der Waals surface area contributed by atoms with Crippen LogP contribution in [0.1, 0.15) is 0 Å². The molecule has 0 radical (unpaired) electrons. The maximum absolute atomic E-state index is 12.2. The number of ether oxygens (including phenoxy) is 1. The molecule has 3 N–H and O–H groups in total. The Morgan fingerprint density at radius 1 is 0.962 bits per heavy atom. The molecule has 0 heterocycles. The summed E-state index contributed by atoms with van der Waals surface area (Å²) in [7, 11) is 1.48. The Labute approximate surface area is 154 Å². The molecule has 3 aromatic rings. The molecule has 26 heavy (non-hydrogen) atoms. The van der Waals surface area contributed by atoms with Crippen molar-refractivity contribution in [2.45, 2.75) is 0 Å². The number of carbonyl (C=O) groups is 2. The van der Waals surface area contributed by atoms with Crippen LogP contribution >= 0.6 is 11.6 Å². The number of hydrogen-bond acceptors (Lipinski definition) is 4. The highest BCUT2D eigenvalue weighted by Crippen LogP contribution is 2.30. The first-order chi connectivity index (χ1) is 12.5. The van der Waals surface area contributed by atoms with Crippen LogP contribution in [0.2, 0.25) is 5.02 Å². The van der Waals surface area contributed by atoms with Crippen LogP contribution in [-0.2, 0) is 9.59 Å². The molecule has 3 aromatic carbocycles. The first-order valence-electron chi connectivity index (χ1n) is 7.66. The molecule has 0 atom stereocenters. The third-order valence-electron chi connectivity index (χ3n) is 3.76. The number of phenols is 1. The van der Waals surface area contributed by atoms with Crippen molar-refractivity contribution in [3.63, 3.8) is 0 Å². The molecular weight excluding hydrogens is 356 g/mol. The minimum Gasteiger partial charge on any atom is -0.507 e. The van der Waals surface area contributed by atoms with Gasteiger partial charge in [-0.3, -0.25) is 9.59 Å². The van der Waals surface area contributed by atoms with Crippen molar-refractivity contribution in [3.8, 4) is 11.5 Å². The lowest BCUT2D eigenvalue weighted by Gasteiger charge is -2.10. The van der Waals surface area contributed by atoms with E-state index in [1.807, 2.05) is 0 Å². The smallest absolute Gasteiger partial charge is 0.314 e. The first-order valence-corrected chi connectivity index (χ1v) is 8.04. The van der Waals surface area contributed by atoms with Gasteiger partial charge in [-0.2, -0.15) is 0 Å². The van der Waals surface area contributed by atoms with Gasteiger partial charge in [-0.1, -0.05) is 35.9 Å². The highest BCUT2D eigenvalue weighted by molar-refractivity contribution is 6.44. The largest absolute Gasteiger partial charge is 0.507 e. The van der Waals surface area contributed by atoms with E-state index in [1.54, 1.807) is 48.5 Å². The lowest BCUT2D eigenvalue weighted by atomic mass is 10.1. The number of anilines is 2. The van der Waals surface area contributed by atoms with Crippen LogP contribution in [0, 0.1) is 0 Å². The molecule has 7 heteroatoms. The van der Waals surface area contributed by atoms with Crippen LogP contribution in [0.3, 0.4) is 0 Å². The summed E-state index contributed by atoms with van der Waals surface area (Å²) >= 11 is 6.00. The third kappa shape index (κ3) is 3.55. The number of hydrogen-bond donors (Lipinski definition) is 3. The monoisotopic (exact) mass is 370 g/mol. The zero-order chi connectivity index (χ0) is 18.7.